The molecule has 1 N–H and O–H groups in total. The van der Waals surface area contributed by atoms with Crippen LogP contribution in [0.3, 0.4) is 0 Å². The molecule has 1 fully saturated rings. The quantitative estimate of drug-likeness (QED) is 0.869. The monoisotopic (exact) mass is 247 g/mol. The van der Waals surface area contributed by atoms with Crippen LogP contribution in [0.5, 0.6) is 5.88 Å². The Morgan fingerprint density at radius 3 is 2.83 bits per heavy atom. The molecule has 96 valence electrons. The van der Waals surface area contributed by atoms with Crippen molar-refractivity contribution >= 4 is 12.0 Å². The van der Waals surface area contributed by atoms with E-state index in [0.29, 0.717) is 18.7 Å². The summed E-state index contributed by atoms with van der Waals surface area (Å²) in [5.41, 5.74) is 1.28. The number of hydrogen-bond acceptors (Lipinski definition) is 3. The fourth-order valence-corrected chi connectivity index (χ4v) is 2.07. The number of ether oxygens (including phenoxy) is 1. The minimum Gasteiger partial charge on any atom is -0.481 e. The first-order chi connectivity index (χ1) is 8.57. The zero-order valence-corrected chi connectivity index (χ0v) is 10.5. The lowest BCUT2D eigenvalue weighted by Gasteiger charge is -2.36. The fourth-order valence-electron chi connectivity index (χ4n) is 2.07. The number of pyridine rings is 1. The van der Waals surface area contributed by atoms with E-state index in [0.717, 1.165) is 17.5 Å². The Morgan fingerprint density at radius 1 is 1.67 bits per heavy atom. The molecule has 0 atom stereocenters. The highest BCUT2D eigenvalue weighted by atomic mass is 16.5. The van der Waals surface area contributed by atoms with E-state index < -0.39 is 11.4 Å². The molecule has 18 heavy (non-hydrogen) atoms. The van der Waals surface area contributed by atoms with Crippen molar-refractivity contribution in [3.63, 3.8) is 0 Å². The van der Waals surface area contributed by atoms with Crippen molar-refractivity contribution in [2.75, 3.05) is 6.61 Å². The zero-order valence-electron chi connectivity index (χ0n) is 10.5. The first-order valence-electron chi connectivity index (χ1n) is 6.03. The van der Waals surface area contributed by atoms with Gasteiger partial charge in [0.15, 0.2) is 0 Å². The Kier molecular flexibility index (Phi) is 3.36. The molecule has 4 nitrogen and oxygen atoms in total. The van der Waals surface area contributed by atoms with Gasteiger partial charge in [0.05, 0.1) is 0 Å². The van der Waals surface area contributed by atoms with Gasteiger partial charge in [-0.3, -0.25) is 4.79 Å². The summed E-state index contributed by atoms with van der Waals surface area (Å²) in [5.74, 6) is -0.293. The van der Waals surface area contributed by atoms with E-state index in [1.54, 1.807) is 12.3 Å². The number of carbonyl (C=O) groups is 1. The van der Waals surface area contributed by atoms with Crippen LogP contribution < -0.4 is 4.74 Å². The van der Waals surface area contributed by atoms with E-state index in [1.165, 1.54) is 0 Å². The lowest BCUT2D eigenvalue weighted by Crippen LogP contribution is -2.43. The van der Waals surface area contributed by atoms with Crippen LogP contribution >= 0.6 is 0 Å². The van der Waals surface area contributed by atoms with Gasteiger partial charge in [-0.25, -0.2) is 4.98 Å². The summed E-state index contributed by atoms with van der Waals surface area (Å²) in [7, 11) is 0. The van der Waals surface area contributed by atoms with Gasteiger partial charge in [0, 0.05) is 12.3 Å². The van der Waals surface area contributed by atoms with Crippen LogP contribution in [-0.2, 0) is 4.79 Å². The van der Waals surface area contributed by atoms with E-state index in [4.69, 9.17) is 4.74 Å². The maximum absolute atomic E-state index is 11.2. The van der Waals surface area contributed by atoms with Crippen LogP contribution in [0, 0.1) is 12.3 Å². The summed E-state index contributed by atoms with van der Waals surface area (Å²) >= 11 is 0. The lowest BCUT2D eigenvalue weighted by atomic mass is 9.69. The van der Waals surface area contributed by atoms with Gasteiger partial charge in [-0.1, -0.05) is 19.1 Å². The van der Waals surface area contributed by atoms with Crippen LogP contribution in [0.1, 0.15) is 30.4 Å². The van der Waals surface area contributed by atoms with Crippen LogP contribution in [0.25, 0.3) is 6.08 Å². The van der Waals surface area contributed by atoms with Crippen molar-refractivity contribution in [3.05, 3.63) is 30.0 Å². The molecule has 0 unspecified atom stereocenters. The average Bonchev–Trinajstić information content (AvgIpc) is 2.27. The van der Waals surface area contributed by atoms with Crippen molar-refractivity contribution in [1.82, 2.24) is 4.98 Å². The molecule has 1 aliphatic rings. The molecule has 0 aliphatic heterocycles. The number of nitrogens with zero attached hydrogens (tertiary/aromatic N) is 1. The summed E-state index contributed by atoms with van der Waals surface area (Å²) in [6, 6.07) is 1.81. The second-order valence-corrected chi connectivity index (χ2v) is 4.81. The Balaban J connectivity index is 2.04. The van der Waals surface area contributed by atoms with Crippen LogP contribution in [0.4, 0.5) is 0 Å². The van der Waals surface area contributed by atoms with E-state index >= 15 is 0 Å². The summed E-state index contributed by atoms with van der Waals surface area (Å²) in [6.45, 7) is 5.84. The second-order valence-electron chi connectivity index (χ2n) is 4.81. The lowest BCUT2D eigenvalue weighted by molar-refractivity contribution is -0.157. The van der Waals surface area contributed by atoms with Crippen molar-refractivity contribution in [3.8, 4) is 5.88 Å². The molecule has 0 amide bonds. The van der Waals surface area contributed by atoms with Crippen molar-refractivity contribution < 1.29 is 14.6 Å². The molecule has 4 heteroatoms. The predicted molar refractivity (Wildman–Crippen MR) is 68.5 cm³/mol. The first kappa shape index (κ1) is 12.6. The van der Waals surface area contributed by atoms with E-state index in [2.05, 4.69) is 11.6 Å². The Labute approximate surface area is 106 Å². The summed E-state index contributed by atoms with van der Waals surface area (Å²) < 4.78 is 5.53. The molecular weight excluding hydrogens is 230 g/mol. The predicted octanol–water partition coefficient (Wildman–Crippen LogP) is 2.67. The largest absolute Gasteiger partial charge is 0.481 e. The fraction of sp³-hybridized carbons (Fsp3) is 0.429. The van der Waals surface area contributed by atoms with Gasteiger partial charge < -0.3 is 9.84 Å². The molecule has 1 heterocycles. The SMILES string of the molecule is C=Cc1cnc(OCC2(C(=O)O)CCC2)cc1C. The molecule has 1 aromatic rings. The highest BCUT2D eigenvalue weighted by Crippen LogP contribution is 2.41. The standard InChI is InChI=1S/C14H17NO3/c1-3-11-8-15-12(7-10(11)2)18-9-14(13(16)17)5-4-6-14/h3,7-8H,1,4-6,9H2,2H3,(H,16,17). The van der Waals surface area contributed by atoms with Gasteiger partial charge in [0.25, 0.3) is 0 Å². The number of aliphatic carboxylic acids is 1. The maximum Gasteiger partial charge on any atom is 0.313 e. The smallest absolute Gasteiger partial charge is 0.313 e. The molecule has 1 aliphatic carbocycles. The Bertz CT molecular complexity index is 478. The number of carboxylic acid groups (broad SMARTS) is 1. The average molecular weight is 247 g/mol. The number of hydrogen-bond donors (Lipinski definition) is 1. The van der Waals surface area contributed by atoms with E-state index in [9.17, 15) is 9.90 Å². The van der Waals surface area contributed by atoms with Crippen LogP contribution in [0.2, 0.25) is 0 Å². The Morgan fingerprint density at radius 2 is 2.39 bits per heavy atom. The maximum atomic E-state index is 11.2. The number of rotatable bonds is 5. The topological polar surface area (TPSA) is 59.4 Å². The van der Waals surface area contributed by atoms with Gasteiger partial charge in [-0.15, -0.1) is 0 Å². The normalized spacial score (nSPS) is 16.7. The summed E-state index contributed by atoms with van der Waals surface area (Å²) in [6.07, 6.45) is 5.75. The molecule has 0 saturated heterocycles. The zero-order chi connectivity index (χ0) is 13.2. The third-order valence-corrected chi connectivity index (χ3v) is 3.61. The highest BCUT2D eigenvalue weighted by Gasteiger charge is 2.45. The third-order valence-electron chi connectivity index (χ3n) is 3.61. The Hall–Kier alpha value is -1.84. The van der Waals surface area contributed by atoms with Gasteiger partial charge in [0.2, 0.25) is 5.88 Å². The number of aromatic nitrogens is 1. The second kappa shape index (κ2) is 4.80. The van der Waals surface area contributed by atoms with Crippen LogP contribution in [-0.4, -0.2) is 22.7 Å². The van der Waals surface area contributed by atoms with Gasteiger partial charge in [-0.05, 0) is 30.9 Å². The van der Waals surface area contributed by atoms with E-state index in [1.807, 2.05) is 13.0 Å². The van der Waals surface area contributed by atoms with Gasteiger partial charge in [0.1, 0.15) is 12.0 Å². The molecule has 2 rings (SSSR count). The highest BCUT2D eigenvalue weighted by molar-refractivity contribution is 5.75. The molecule has 0 radical (unpaired) electrons. The number of aryl methyl sites for hydroxylation is 1. The number of carboxylic acids is 1. The van der Waals surface area contributed by atoms with Crippen molar-refractivity contribution in [2.24, 2.45) is 5.41 Å². The van der Waals surface area contributed by atoms with Crippen molar-refractivity contribution in [1.29, 1.82) is 0 Å². The van der Waals surface area contributed by atoms with Crippen molar-refractivity contribution in [2.45, 2.75) is 26.2 Å². The summed E-state index contributed by atoms with van der Waals surface area (Å²) in [4.78, 5) is 15.3. The summed E-state index contributed by atoms with van der Waals surface area (Å²) in [5, 5.41) is 9.18. The van der Waals surface area contributed by atoms with Crippen LogP contribution in [0.15, 0.2) is 18.8 Å². The first-order valence-corrected chi connectivity index (χ1v) is 6.03. The molecule has 0 aromatic carbocycles. The molecule has 0 spiro atoms. The molecule has 0 bridgehead atoms. The molecule has 1 saturated carbocycles. The molecule has 1 aromatic heterocycles. The third kappa shape index (κ3) is 2.23. The van der Waals surface area contributed by atoms with Gasteiger partial charge >= 0.3 is 5.97 Å². The molecular formula is C14H17NO3. The van der Waals surface area contributed by atoms with E-state index in [-0.39, 0.29) is 6.61 Å². The minimum absolute atomic E-state index is 0.197. The van der Waals surface area contributed by atoms with Gasteiger partial charge in [-0.2, -0.15) is 0 Å². The minimum atomic E-state index is -0.770.